The van der Waals surface area contributed by atoms with Crippen molar-refractivity contribution < 1.29 is 31.6 Å². The van der Waals surface area contributed by atoms with Crippen molar-refractivity contribution >= 4 is 35.0 Å². The van der Waals surface area contributed by atoms with Crippen molar-refractivity contribution in [1.29, 1.82) is 0 Å². The zero-order chi connectivity index (χ0) is 27.7. The lowest BCUT2D eigenvalue weighted by Gasteiger charge is -2.50. The standard InChI is InChI=1S/C25H25Cl2F4N5O3/c26-17-2-1-14(7-18(17)27)25(30,31)22-34-33-19(39-22)16-9-35(20(37)13-3-5-32-6-4-13)10-23(16)11-36(12-23)21(38)15-8-24(15,28)29/h1-2,7,13,15-16,32H,3-6,8-12H2/t15-,16?/m1/s1. The van der Waals surface area contributed by atoms with Crippen LogP contribution in [0.25, 0.3) is 0 Å². The molecule has 8 nitrogen and oxygen atoms in total. The first-order valence-electron chi connectivity index (χ1n) is 12.7. The summed E-state index contributed by atoms with van der Waals surface area (Å²) in [5.41, 5.74) is -1.24. The molecule has 1 aromatic carbocycles. The number of alkyl halides is 4. The van der Waals surface area contributed by atoms with Crippen LogP contribution in [0.3, 0.4) is 0 Å². The van der Waals surface area contributed by atoms with Crippen LogP contribution in [0.15, 0.2) is 22.6 Å². The summed E-state index contributed by atoms with van der Waals surface area (Å²) in [5.74, 6) is -10.5. The monoisotopic (exact) mass is 589 g/mol. The number of likely N-dealkylation sites (tertiary alicyclic amines) is 2. The molecule has 6 rings (SSSR count). The summed E-state index contributed by atoms with van der Waals surface area (Å²) in [6, 6.07) is 3.37. The molecule has 1 unspecified atom stereocenters. The van der Waals surface area contributed by atoms with Crippen LogP contribution >= 0.6 is 23.2 Å². The molecule has 2 aromatic rings. The van der Waals surface area contributed by atoms with E-state index in [9.17, 15) is 18.4 Å². The highest BCUT2D eigenvalue weighted by Crippen LogP contribution is 2.54. The molecule has 2 atom stereocenters. The minimum Gasteiger partial charge on any atom is -0.419 e. The molecule has 210 valence electrons. The molecular formula is C25H25Cl2F4N5O3. The predicted molar refractivity (Wildman–Crippen MR) is 131 cm³/mol. The largest absolute Gasteiger partial charge is 0.419 e. The van der Waals surface area contributed by atoms with E-state index >= 15 is 8.78 Å². The molecule has 4 fully saturated rings. The van der Waals surface area contributed by atoms with Crippen LogP contribution in [0.4, 0.5) is 17.6 Å². The Hall–Kier alpha value is -2.44. The van der Waals surface area contributed by atoms with Crippen molar-refractivity contribution in [2.24, 2.45) is 17.3 Å². The van der Waals surface area contributed by atoms with Gasteiger partial charge >= 0.3 is 5.92 Å². The van der Waals surface area contributed by atoms with Gasteiger partial charge in [-0.15, -0.1) is 10.2 Å². The van der Waals surface area contributed by atoms with Crippen LogP contribution in [0.5, 0.6) is 0 Å². The molecule has 0 radical (unpaired) electrons. The van der Waals surface area contributed by atoms with Crippen molar-refractivity contribution in [3.63, 3.8) is 0 Å². The smallest absolute Gasteiger partial charge is 0.349 e. The number of hydrogen-bond acceptors (Lipinski definition) is 6. The first-order valence-corrected chi connectivity index (χ1v) is 13.5. The molecule has 2 amide bonds. The normalized spacial score (nSPS) is 26.1. The zero-order valence-electron chi connectivity index (χ0n) is 20.6. The summed E-state index contributed by atoms with van der Waals surface area (Å²) < 4.78 is 63.1. The Morgan fingerprint density at radius 1 is 1.03 bits per heavy atom. The second kappa shape index (κ2) is 9.31. The number of aromatic nitrogens is 2. The number of amides is 2. The van der Waals surface area contributed by atoms with Crippen molar-refractivity contribution in [3.05, 3.63) is 45.6 Å². The summed E-state index contributed by atoms with van der Waals surface area (Å²) in [6.45, 7) is 2.01. The number of halogens is 6. The molecule has 1 N–H and O–H groups in total. The van der Waals surface area contributed by atoms with E-state index in [0.717, 1.165) is 12.1 Å². The van der Waals surface area contributed by atoms with Crippen LogP contribution in [-0.4, -0.2) is 77.0 Å². The van der Waals surface area contributed by atoms with Gasteiger partial charge in [-0.25, -0.2) is 8.78 Å². The lowest BCUT2D eigenvalue weighted by Crippen LogP contribution is -2.62. The third-order valence-electron chi connectivity index (χ3n) is 8.38. The molecule has 14 heteroatoms. The number of nitrogens with zero attached hydrogens (tertiary/aromatic N) is 4. The van der Waals surface area contributed by atoms with E-state index in [4.69, 9.17) is 27.6 Å². The Morgan fingerprint density at radius 3 is 2.33 bits per heavy atom. The van der Waals surface area contributed by atoms with Gasteiger partial charge in [0, 0.05) is 49.5 Å². The Balaban J connectivity index is 1.26. The van der Waals surface area contributed by atoms with Crippen LogP contribution in [-0.2, 0) is 15.5 Å². The third kappa shape index (κ3) is 4.58. The molecule has 3 saturated heterocycles. The maximum atomic E-state index is 15.3. The summed E-state index contributed by atoms with van der Waals surface area (Å²) in [4.78, 5) is 28.9. The quantitative estimate of drug-likeness (QED) is 0.531. The van der Waals surface area contributed by atoms with Crippen molar-refractivity contribution in [3.8, 4) is 0 Å². The number of hydrogen-bond donors (Lipinski definition) is 1. The summed E-state index contributed by atoms with van der Waals surface area (Å²) >= 11 is 11.8. The van der Waals surface area contributed by atoms with Gasteiger partial charge in [-0.3, -0.25) is 9.59 Å². The van der Waals surface area contributed by atoms with Crippen molar-refractivity contribution in [1.82, 2.24) is 25.3 Å². The van der Waals surface area contributed by atoms with Crippen LogP contribution in [0.1, 0.15) is 42.5 Å². The number of benzene rings is 1. The van der Waals surface area contributed by atoms with Gasteiger partial charge in [-0.2, -0.15) is 8.78 Å². The Labute approximate surface area is 231 Å². The van der Waals surface area contributed by atoms with Gasteiger partial charge in [0.15, 0.2) is 0 Å². The molecule has 39 heavy (non-hydrogen) atoms. The van der Waals surface area contributed by atoms with E-state index in [-0.39, 0.29) is 53.9 Å². The van der Waals surface area contributed by atoms with Gasteiger partial charge in [0.2, 0.25) is 17.7 Å². The number of carbonyl (C=O) groups excluding carboxylic acids is 2. The highest BCUT2D eigenvalue weighted by Gasteiger charge is 2.66. The maximum absolute atomic E-state index is 15.3. The molecule has 0 bridgehead atoms. The van der Waals surface area contributed by atoms with E-state index in [1.807, 2.05) is 0 Å². The topological polar surface area (TPSA) is 91.6 Å². The first-order chi connectivity index (χ1) is 18.4. The molecule has 1 aliphatic carbocycles. The second-order valence-corrected chi connectivity index (χ2v) is 11.8. The Bertz CT molecular complexity index is 1310. The Morgan fingerprint density at radius 2 is 1.69 bits per heavy atom. The average Bonchev–Trinajstić information content (AvgIpc) is 3.24. The molecule has 1 spiro atoms. The van der Waals surface area contributed by atoms with Gasteiger partial charge in [0.05, 0.1) is 16.0 Å². The van der Waals surface area contributed by atoms with E-state index in [0.29, 0.717) is 25.9 Å². The second-order valence-electron chi connectivity index (χ2n) is 11.0. The number of rotatable bonds is 5. The van der Waals surface area contributed by atoms with Gasteiger partial charge in [-0.05, 0) is 38.1 Å². The predicted octanol–water partition coefficient (Wildman–Crippen LogP) is 3.93. The van der Waals surface area contributed by atoms with E-state index in [1.165, 1.54) is 11.0 Å². The van der Waals surface area contributed by atoms with Gasteiger partial charge in [0.1, 0.15) is 5.92 Å². The lowest BCUT2D eigenvalue weighted by molar-refractivity contribution is -0.148. The minimum absolute atomic E-state index is 0.0576. The van der Waals surface area contributed by atoms with E-state index in [1.54, 1.807) is 4.90 Å². The third-order valence-corrected chi connectivity index (χ3v) is 9.12. The highest BCUT2D eigenvalue weighted by molar-refractivity contribution is 6.42. The van der Waals surface area contributed by atoms with Crippen molar-refractivity contribution in [2.45, 2.75) is 37.0 Å². The fourth-order valence-electron chi connectivity index (χ4n) is 6.01. The van der Waals surface area contributed by atoms with Crippen LogP contribution in [0.2, 0.25) is 10.0 Å². The number of carbonyl (C=O) groups is 2. The molecular weight excluding hydrogens is 565 g/mol. The molecule has 4 heterocycles. The van der Waals surface area contributed by atoms with Gasteiger partial charge in [0.25, 0.3) is 11.8 Å². The maximum Gasteiger partial charge on any atom is 0.349 e. The van der Waals surface area contributed by atoms with Crippen LogP contribution < -0.4 is 5.32 Å². The highest BCUT2D eigenvalue weighted by atomic mass is 35.5. The van der Waals surface area contributed by atoms with Crippen molar-refractivity contribution in [2.75, 3.05) is 39.3 Å². The van der Waals surface area contributed by atoms with Crippen LogP contribution in [0, 0.1) is 17.3 Å². The van der Waals surface area contributed by atoms with Gasteiger partial charge in [-0.1, -0.05) is 29.3 Å². The average molecular weight is 590 g/mol. The SMILES string of the molecule is O=C(C1CCNCC1)N1CC(c2nnc(C(F)(F)c3ccc(Cl)c(Cl)c3)o2)C2(C1)CN(C(=O)[C@H]1CC1(F)F)C2. The summed E-state index contributed by atoms with van der Waals surface area (Å²) in [7, 11) is 0. The number of nitrogens with one attached hydrogen (secondary N) is 1. The molecule has 1 saturated carbocycles. The fourth-order valence-corrected chi connectivity index (χ4v) is 6.31. The van der Waals surface area contributed by atoms with E-state index < -0.39 is 52.9 Å². The fraction of sp³-hybridized carbons (Fsp3) is 0.600. The minimum atomic E-state index is -3.67. The molecule has 1 aromatic heterocycles. The molecule has 4 aliphatic rings. The molecule has 3 aliphatic heterocycles. The summed E-state index contributed by atoms with van der Waals surface area (Å²) in [5, 5.41) is 10.8. The van der Waals surface area contributed by atoms with E-state index in [2.05, 4.69) is 15.5 Å². The zero-order valence-corrected chi connectivity index (χ0v) is 22.1. The summed E-state index contributed by atoms with van der Waals surface area (Å²) in [6.07, 6.45) is 0.875. The lowest BCUT2D eigenvalue weighted by atomic mass is 9.71. The first kappa shape index (κ1) is 26.8. The Kier molecular flexibility index (Phi) is 6.39. The van der Waals surface area contributed by atoms with Gasteiger partial charge < -0.3 is 19.5 Å². The number of piperidine rings is 1.